The lowest BCUT2D eigenvalue weighted by Gasteiger charge is -2.17. The van der Waals surface area contributed by atoms with E-state index in [4.69, 9.17) is 16.7 Å². The van der Waals surface area contributed by atoms with Crippen LogP contribution >= 0.6 is 27.5 Å². The molecule has 0 aliphatic heterocycles. The maximum absolute atomic E-state index is 11.0. The van der Waals surface area contributed by atoms with Gasteiger partial charge in [0, 0.05) is 21.2 Å². The van der Waals surface area contributed by atoms with Crippen molar-refractivity contribution < 1.29 is 9.90 Å². The van der Waals surface area contributed by atoms with Crippen molar-refractivity contribution in [2.24, 2.45) is 0 Å². The summed E-state index contributed by atoms with van der Waals surface area (Å²) in [7, 11) is 0. The lowest BCUT2D eigenvalue weighted by molar-refractivity contribution is 0.0696. The Bertz CT molecular complexity index is 646. The Morgan fingerprint density at radius 2 is 2.00 bits per heavy atom. The van der Waals surface area contributed by atoms with Gasteiger partial charge >= 0.3 is 5.97 Å². The zero-order chi connectivity index (χ0) is 14.7. The molecule has 2 N–H and O–H groups in total. The van der Waals surface area contributed by atoms with E-state index in [0.29, 0.717) is 9.50 Å². The fourth-order valence-corrected chi connectivity index (χ4v) is 2.78. The highest BCUT2D eigenvalue weighted by Gasteiger charge is 2.12. The van der Waals surface area contributed by atoms with Gasteiger partial charge in [0.2, 0.25) is 0 Å². The molecule has 0 saturated heterocycles. The molecule has 0 aromatic heterocycles. The van der Waals surface area contributed by atoms with Gasteiger partial charge in [0.1, 0.15) is 0 Å². The van der Waals surface area contributed by atoms with Crippen LogP contribution in [0, 0.1) is 0 Å². The number of benzene rings is 2. The zero-order valence-electron chi connectivity index (χ0n) is 10.7. The van der Waals surface area contributed by atoms with Crippen molar-refractivity contribution in [3.63, 3.8) is 0 Å². The van der Waals surface area contributed by atoms with Crippen LogP contribution in [-0.4, -0.2) is 11.1 Å². The molecule has 0 bridgehead atoms. The van der Waals surface area contributed by atoms with Crippen LogP contribution in [0.25, 0.3) is 0 Å². The highest BCUT2D eigenvalue weighted by atomic mass is 79.9. The van der Waals surface area contributed by atoms with E-state index >= 15 is 0 Å². The molecule has 3 nitrogen and oxygen atoms in total. The summed E-state index contributed by atoms with van der Waals surface area (Å²) in [4.78, 5) is 11.0. The third-order valence-electron chi connectivity index (χ3n) is 2.95. The number of rotatable bonds is 4. The molecule has 0 fully saturated rings. The highest BCUT2D eigenvalue weighted by molar-refractivity contribution is 9.10. The standard InChI is InChI=1S/C15H13BrClNO2/c1-9(11-4-2-3-5-14(11)17)18-10-6-7-12(15(19)20)13(16)8-10/h2-9,18H,1H3,(H,19,20). The van der Waals surface area contributed by atoms with Crippen molar-refractivity contribution in [2.75, 3.05) is 5.32 Å². The van der Waals surface area contributed by atoms with Crippen LogP contribution in [0.1, 0.15) is 28.9 Å². The van der Waals surface area contributed by atoms with E-state index in [2.05, 4.69) is 21.2 Å². The van der Waals surface area contributed by atoms with Crippen molar-refractivity contribution >= 4 is 39.2 Å². The van der Waals surface area contributed by atoms with E-state index in [1.165, 1.54) is 0 Å². The second-order valence-corrected chi connectivity index (χ2v) is 5.65. The predicted octanol–water partition coefficient (Wildman–Crippen LogP) is 4.97. The molecule has 104 valence electrons. The molecule has 0 saturated carbocycles. The summed E-state index contributed by atoms with van der Waals surface area (Å²) >= 11 is 9.42. The summed E-state index contributed by atoms with van der Waals surface area (Å²) in [5, 5.41) is 13.0. The first-order valence-corrected chi connectivity index (χ1v) is 7.20. The van der Waals surface area contributed by atoms with Crippen molar-refractivity contribution in [1.29, 1.82) is 0 Å². The molecule has 0 heterocycles. The topological polar surface area (TPSA) is 49.3 Å². The Labute approximate surface area is 130 Å². The van der Waals surface area contributed by atoms with Gasteiger partial charge < -0.3 is 10.4 Å². The summed E-state index contributed by atoms with van der Waals surface area (Å²) in [6.45, 7) is 2.00. The molecule has 0 radical (unpaired) electrons. The quantitative estimate of drug-likeness (QED) is 0.814. The smallest absolute Gasteiger partial charge is 0.336 e. The Morgan fingerprint density at radius 3 is 2.60 bits per heavy atom. The minimum Gasteiger partial charge on any atom is -0.478 e. The summed E-state index contributed by atoms with van der Waals surface area (Å²) in [6.07, 6.45) is 0. The number of halogens is 2. The van der Waals surface area contributed by atoms with Crippen LogP contribution in [0.4, 0.5) is 5.69 Å². The monoisotopic (exact) mass is 353 g/mol. The third-order valence-corrected chi connectivity index (χ3v) is 3.95. The molecule has 0 spiro atoms. The van der Waals surface area contributed by atoms with Gasteiger partial charge in [0.15, 0.2) is 0 Å². The van der Waals surface area contributed by atoms with E-state index < -0.39 is 5.97 Å². The predicted molar refractivity (Wildman–Crippen MR) is 84.6 cm³/mol. The minimum absolute atomic E-state index is 0.0197. The Morgan fingerprint density at radius 1 is 1.30 bits per heavy atom. The number of carboxylic acids is 1. The molecule has 2 aromatic rings. The average Bonchev–Trinajstić information content (AvgIpc) is 2.38. The van der Waals surface area contributed by atoms with Crippen LogP contribution in [0.15, 0.2) is 46.9 Å². The maximum Gasteiger partial charge on any atom is 0.336 e. The molecule has 1 atom stereocenters. The lowest BCUT2D eigenvalue weighted by Crippen LogP contribution is -2.07. The second-order valence-electron chi connectivity index (χ2n) is 4.39. The summed E-state index contributed by atoms with van der Waals surface area (Å²) < 4.78 is 0.543. The van der Waals surface area contributed by atoms with E-state index in [0.717, 1.165) is 11.3 Å². The van der Waals surface area contributed by atoms with Gasteiger partial charge in [-0.2, -0.15) is 0 Å². The van der Waals surface area contributed by atoms with Gasteiger partial charge in [-0.1, -0.05) is 29.8 Å². The Balaban J connectivity index is 2.20. The van der Waals surface area contributed by atoms with Crippen molar-refractivity contribution in [3.05, 3.63) is 63.1 Å². The summed E-state index contributed by atoms with van der Waals surface area (Å²) in [5.74, 6) is -0.956. The van der Waals surface area contributed by atoms with Crippen molar-refractivity contribution in [1.82, 2.24) is 0 Å². The highest BCUT2D eigenvalue weighted by Crippen LogP contribution is 2.28. The molecule has 0 aliphatic rings. The lowest BCUT2D eigenvalue weighted by atomic mass is 10.1. The number of aromatic carboxylic acids is 1. The van der Waals surface area contributed by atoms with Crippen LogP contribution in [0.5, 0.6) is 0 Å². The van der Waals surface area contributed by atoms with Crippen LogP contribution in [0.3, 0.4) is 0 Å². The summed E-state index contributed by atoms with van der Waals surface area (Å²) in [5.41, 5.74) is 2.06. The van der Waals surface area contributed by atoms with Crippen molar-refractivity contribution in [2.45, 2.75) is 13.0 Å². The van der Waals surface area contributed by atoms with E-state index in [-0.39, 0.29) is 11.6 Å². The largest absolute Gasteiger partial charge is 0.478 e. The number of carbonyl (C=O) groups is 1. The summed E-state index contributed by atoms with van der Waals surface area (Å²) in [6, 6.07) is 12.7. The van der Waals surface area contributed by atoms with E-state index in [1.54, 1.807) is 18.2 Å². The average molecular weight is 355 g/mol. The number of carboxylic acid groups (broad SMARTS) is 1. The Kier molecular flexibility index (Phi) is 4.68. The number of anilines is 1. The number of nitrogens with one attached hydrogen (secondary N) is 1. The molecule has 2 rings (SSSR count). The van der Waals surface area contributed by atoms with Gasteiger partial charge in [0.25, 0.3) is 0 Å². The molecule has 0 amide bonds. The zero-order valence-corrected chi connectivity index (χ0v) is 13.1. The SMILES string of the molecule is CC(Nc1ccc(C(=O)O)c(Br)c1)c1ccccc1Cl. The second kappa shape index (κ2) is 6.29. The Hall–Kier alpha value is -1.52. The normalized spacial score (nSPS) is 11.9. The van der Waals surface area contributed by atoms with Gasteiger partial charge in [-0.25, -0.2) is 4.79 Å². The molecule has 2 aromatic carbocycles. The minimum atomic E-state index is -0.956. The fraction of sp³-hybridized carbons (Fsp3) is 0.133. The molecular formula is C15H13BrClNO2. The molecule has 20 heavy (non-hydrogen) atoms. The van der Waals surface area contributed by atoms with Gasteiger partial charge in [-0.15, -0.1) is 0 Å². The van der Waals surface area contributed by atoms with Crippen molar-refractivity contribution in [3.8, 4) is 0 Å². The molecule has 1 unspecified atom stereocenters. The molecular weight excluding hydrogens is 342 g/mol. The van der Waals surface area contributed by atoms with Gasteiger partial charge in [0.05, 0.1) is 5.56 Å². The van der Waals surface area contributed by atoms with Gasteiger partial charge in [-0.05, 0) is 52.7 Å². The number of hydrogen-bond donors (Lipinski definition) is 2. The van der Waals surface area contributed by atoms with Gasteiger partial charge in [-0.3, -0.25) is 0 Å². The first-order valence-electron chi connectivity index (χ1n) is 6.03. The molecule has 0 aliphatic carbocycles. The van der Waals surface area contributed by atoms with Crippen LogP contribution in [0.2, 0.25) is 5.02 Å². The van der Waals surface area contributed by atoms with E-state index in [9.17, 15) is 4.79 Å². The van der Waals surface area contributed by atoms with Crippen LogP contribution < -0.4 is 5.32 Å². The first-order chi connectivity index (χ1) is 9.49. The third kappa shape index (κ3) is 3.32. The fourth-order valence-electron chi connectivity index (χ4n) is 1.93. The van der Waals surface area contributed by atoms with E-state index in [1.807, 2.05) is 31.2 Å². The van der Waals surface area contributed by atoms with Crippen LogP contribution in [-0.2, 0) is 0 Å². The number of hydrogen-bond acceptors (Lipinski definition) is 2. The molecule has 5 heteroatoms. The maximum atomic E-state index is 11.0. The first kappa shape index (κ1) is 14.9.